The summed E-state index contributed by atoms with van der Waals surface area (Å²) >= 11 is 0. The van der Waals surface area contributed by atoms with E-state index in [1.165, 1.54) is 11.3 Å². The van der Waals surface area contributed by atoms with E-state index in [1.54, 1.807) is 6.20 Å². The third kappa shape index (κ3) is 5.39. The summed E-state index contributed by atoms with van der Waals surface area (Å²) in [6.45, 7) is 4.86. The van der Waals surface area contributed by atoms with E-state index < -0.39 is 0 Å². The highest BCUT2D eigenvalue weighted by Crippen LogP contribution is 2.36. The van der Waals surface area contributed by atoms with Gasteiger partial charge in [-0.25, -0.2) is 4.98 Å². The standard InChI is InChI=1S/C23H32N6O.H2/c1-23(2)13-18(7-10-20(23)30)27-21-17(14-24)15-26-22(28-21)25-12-11-16-5-8-19(9-6-16)29(3)4;/h5-6,8-9,15,18,20,30H,7,10-13H2,1-4H3,(H2,25,26,27,28);1H/t18-,20+;/m1./s1. The van der Waals surface area contributed by atoms with Crippen molar-refractivity contribution in [1.29, 1.82) is 5.26 Å². The molecule has 2 aromatic rings. The first-order chi connectivity index (χ1) is 14.3. The molecule has 0 aliphatic heterocycles. The molecule has 1 aromatic carbocycles. The molecule has 0 saturated heterocycles. The topological polar surface area (TPSA) is 97.1 Å². The molecule has 1 aliphatic carbocycles. The first kappa shape index (κ1) is 21.8. The second-order valence-corrected chi connectivity index (χ2v) is 8.93. The molecule has 162 valence electrons. The summed E-state index contributed by atoms with van der Waals surface area (Å²) in [5.74, 6) is 1.07. The fourth-order valence-corrected chi connectivity index (χ4v) is 3.88. The van der Waals surface area contributed by atoms with Gasteiger partial charge in [-0.3, -0.25) is 0 Å². The average molecular weight is 411 g/mol. The number of hydrogen-bond donors (Lipinski definition) is 3. The highest BCUT2D eigenvalue weighted by molar-refractivity contribution is 5.54. The van der Waals surface area contributed by atoms with Crippen LogP contribution in [0.15, 0.2) is 30.5 Å². The zero-order chi connectivity index (χ0) is 21.7. The number of hydrogen-bond acceptors (Lipinski definition) is 7. The van der Waals surface area contributed by atoms with Crippen LogP contribution in [0.3, 0.4) is 0 Å². The Morgan fingerprint density at radius 3 is 2.63 bits per heavy atom. The van der Waals surface area contributed by atoms with Gasteiger partial charge in [0.1, 0.15) is 17.5 Å². The monoisotopic (exact) mass is 410 g/mol. The van der Waals surface area contributed by atoms with Crippen molar-refractivity contribution in [2.45, 2.75) is 51.7 Å². The minimum Gasteiger partial charge on any atom is -0.393 e. The van der Waals surface area contributed by atoms with Gasteiger partial charge in [0.15, 0.2) is 0 Å². The van der Waals surface area contributed by atoms with E-state index >= 15 is 0 Å². The molecule has 0 radical (unpaired) electrons. The number of anilines is 3. The predicted octanol–water partition coefficient (Wildman–Crippen LogP) is 3.67. The lowest BCUT2D eigenvalue weighted by Crippen LogP contribution is -2.41. The lowest BCUT2D eigenvalue weighted by molar-refractivity contribution is 0.00926. The fraction of sp³-hybridized carbons (Fsp3) is 0.522. The number of aliphatic hydroxyl groups is 1. The Labute approximate surface area is 180 Å². The molecule has 0 bridgehead atoms. The Balaban J connectivity index is 0.00000341. The van der Waals surface area contributed by atoms with Crippen LogP contribution in [0.2, 0.25) is 0 Å². The first-order valence-corrected chi connectivity index (χ1v) is 10.5. The van der Waals surface area contributed by atoms with Crippen LogP contribution in [-0.4, -0.2) is 47.9 Å². The molecular formula is C23H34N6O. The van der Waals surface area contributed by atoms with Gasteiger partial charge in [0.25, 0.3) is 0 Å². The van der Waals surface area contributed by atoms with Gasteiger partial charge in [0.2, 0.25) is 5.95 Å². The lowest BCUT2D eigenvalue weighted by atomic mass is 9.73. The van der Waals surface area contributed by atoms with E-state index in [-0.39, 0.29) is 19.0 Å². The van der Waals surface area contributed by atoms with Gasteiger partial charge in [-0.15, -0.1) is 0 Å². The Morgan fingerprint density at radius 2 is 2.00 bits per heavy atom. The number of nitriles is 1. The van der Waals surface area contributed by atoms with Gasteiger partial charge in [-0.2, -0.15) is 10.2 Å². The zero-order valence-electron chi connectivity index (χ0n) is 18.3. The lowest BCUT2D eigenvalue weighted by Gasteiger charge is -2.40. The van der Waals surface area contributed by atoms with E-state index in [1.807, 2.05) is 14.1 Å². The second kappa shape index (κ2) is 9.31. The third-order valence-corrected chi connectivity index (χ3v) is 5.86. The summed E-state index contributed by atoms with van der Waals surface area (Å²) in [7, 11) is 4.06. The van der Waals surface area contributed by atoms with Crippen LogP contribution in [0.5, 0.6) is 0 Å². The van der Waals surface area contributed by atoms with E-state index in [0.29, 0.717) is 23.9 Å². The maximum atomic E-state index is 10.2. The minimum atomic E-state index is -0.291. The smallest absolute Gasteiger partial charge is 0.224 e. The van der Waals surface area contributed by atoms with E-state index in [4.69, 9.17) is 0 Å². The van der Waals surface area contributed by atoms with Crippen molar-refractivity contribution < 1.29 is 6.53 Å². The van der Waals surface area contributed by atoms with Crippen LogP contribution in [0, 0.1) is 16.7 Å². The number of nitrogens with zero attached hydrogens (tertiary/aromatic N) is 4. The van der Waals surface area contributed by atoms with Crippen molar-refractivity contribution in [3.63, 3.8) is 0 Å². The van der Waals surface area contributed by atoms with Crippen LogP contribution in [0.25, 0.3) is 0 Å². The Kier molecular flexibility index (Phi) is 6.78. The van der Waals surface area contributed by atoms with Crippen molar-refractivity contribution in [2.24, 2.45) is 5.41 Å². The van der Waals surface area contributed by atoms with Gasteiger partial charge in [-0.05, 0) is 48.8 Å². The van der Waals surface area contributed by atoms with Gasteiger partial charge in [0, 0.05) is 33.8 Å². The Hall–Kier alpha value is -2.85. The second-order valence-electron chi connectivity index (χ2n) is 8.93. The Bertz CT molecular complexity index is 894. The maximum absolute atomic E-state index is 10.2. The van der Waals surface area contributed by atoms with Gasteiger partial charge < -0.3 is 20.6 Å². The largest absolute Gasteiger partial charge is 0.393 e. The van der Waals surface area contributed by atoms with Crippen LogP contribution < -0.4 is 15.5 Å². The molecule has 0 unspecified atom stereocenters. The molecule has 3 rings (SSSR count). The van der Waals surface area contributed by atoms with E-state index in [2.05, 4.69) is 69.7 Å². The molecule has 7 heteroatoms. The van der Waals surface area contributed by atoms with Crippen LogP contribution in [0.4, 0.5) is 17.5 Å². The van der Waals surface area contributed by atoms with E-state index in [0.717, 1.165) is 25.7 Å². The fourth-order valence-electron chi connectivity index (χ4n) is 3.88. The van der Waals surface area contributed by atoms with Gasteiger partial charge in [0.05, 0.1) is 12.3 Å². The summed E-state index contributed by atoms with van der Waals surface area (Å²) in [4.78, 5) is 10.9. The molecule has 1 fully saturated rings. The third-order valence-electron chi connectivity index (χ3n) is 5.86. The summed E-state index contributed by atoms with van der Waals surface area (Å²) in [5.41, 5.74) is 2.70. The molecule has 7 nitrogen and oxygen atoms in total. The van der Waals surface area contributed by atoms with Crippen molar-refractivity contribution in [3.05, 3.63) is 41.6 Å². The molecule has 30 heavy (non-hydrogen) atoms. The average Bonchev–Trinajstić information content (AvgIpc) is 2.71. The normalized spacial score (nSPS) is 20.3. The number of nitrogens with one attached hydrogen (secondary N) is 2. The van der Waals surface area contributed by atoms with Crippen LogP contribution in [0.1, 0.15) is 45.7 Å². The SMILES string of the molecule is CN(C)c1ccc(CCNc2ncc(C#N)c(N[C@@H]3CC[C@H](O)C(C)(C)C3)n2)cc1.[HH]. The first-order valence-electron chi connectivity index (χ1n) is 10.5. The summed E-state index contributed by atoms with van der Waals surface area (Å²) < 4.78 is 0. The van der Waals surface area contributed by atoms with Crippen LogP contribution in [-0.2, 0) is 6.42 Å². The molecule has 1 aromatic heterocycles. The van der Waals surface area contributed by atoms with Crippen LogP contribution >= 0.6 is 0 Å². The molecule has 0 amide bonds. The number of rotatable bonds is 7. The van der Waals surface area contributed by atoms with Crippen molar-refractivity contribution >= 4 is 17.5 Å². The van der Waals surface area contributed by atoms with Crippen molar-refractivity contribution in [3.8, 4) is 6.07 Å². The molecule has 1 saturated carbocycles. The molecule has 0 spiro atoms. The molecule has 3 N–H and O–H groups in total. The van der Waals surface area contributed by atoms with Crippen molar-refractivity contribution in [2.75, 3.05) is 36.2 Å². The Morgan fingerprint density at radius 1 is 1.27 bits per heavy atom. The summed E-state index contributed by atoms with van der Waals surface area (Å²) in [5, 5.41) is 26.3. The van der Waals surface area contributed by atoms with Gasteiger partial charge >= 0.3 is 0 Å². The molecule has 1 heterocycles. The van der Waals surface area contributed by atoms with E-state index in [9.17, 15) is 10.4 Å². The predicted molar refractivity (Wildman–Crippen MR) is 123 cm³/mol. The minimum absolute atomic E-state index is 0. The number of benzene rings is 1. The zero-order valence-corrected chi connectivity index (χ0v) is 18.3. The number of aromatic nitrogens is 2. The maximum Gasteiger partial charge on any atom is 0.224 e. The highest BCUT2D eigenvalue weighted by atomic mass is 16.3. The molecular weight excluding hydrogens is 376 g/mol. The molecule has 2 atom stereocenters. The quantitative estimate of drug-likeness (QED) is 0.641. The summed E-state index contributed by atoms with van der Waals surface area (Å²) in [6, 6.07) is 10.8. The van der Waals surface area contributed by atoms with Gasteiger partial charge in [-0.1, -0.05) is 26.0 Å². The highest BCUT2D eigenvalue weighted by Gasteiger charge is 2.35. The van der Waals surface area contributed by atoms with Crippen molar-refractivity contribution in [1.82, 2.24) is 9.97 Å². The molecule has 1 aliphatic rings. The summed E-state index contributed by atoms with van der Waals surface area (Å²) in [6.07, 6.45) is 4.55. The number of aliphatic hydroxyl groups excluding tert-OH is 1.